The fourth-order valence-electron chi connectivity index (χ4n) is 4.12. The van der Waals surface area contributed by atoms with Crippen LogP contribution in [0.2, 0.25) is 5.02 Å². The Bertz CT molecular complexity index is 1100. The number of piperidine rings is 1. The van der Waals surface area contributed by atoms with E-state index in [1.807, 2.05) is 11.4 Å². The van der Waals surface area contributed by atoms with Crippen molar-refractivity contribution in [1.29, 1.82) is 0 Å². The molecule has 0 spiro atoms. The van der Waals surface area contributed by atoms with Gasteiger partial charge in [0, 0.05) is 36.1 Å². The van der Waals surface area contributed by atoms with Gasteiger partial charge >= 0.3 is 5.97 Å². The Morgan fingerprint density at radius 2 is 1.94 bits per heavy atom. The summed E-state index contributed by atoms with van der Waals surface area (Å²) in [5.74, 6) is -1.36. The SMILES string of the molecule is CC(OC(=O)C1CCCN(S(=O)(=O)c2ccc(Cl)cc2)C1)C(=O)N1CCc2sccc2C1. The number of carbonyl (C=O) groups excluding carboxylic acids is 2. The topological polar surface area (TPSA) is 84.0 Å². The zero-order valence-corrected chi connectivity index (χ0v) is 20.1. The van der Waals surface area contributed by atoms with E-state index >= 15 is 0 Å². The lowest BCUT2D eigenvalue weighted by molar-refractivity contribution is -0.163. The van der Waals surface area contributed by atoms with Crippen LogP contribution in [0, 0.1) is 5.92 Å². The number of esters is 1. The summed E-state index contributed by atoms with van der Waals surface area (Å²) in [4.78, 5) is 28.7. The molecule has 0 radical (unpaired) electrons. The fraction of sp³-hybridized carbons (Fsp3) is 0.455. The summed E-state index contributed by atoms with van der Waals surface area (Å²) in [6.45, 7) is 3.07. The Kier molecular flexibility index (Phi) is 6.90. The molecule has 2 aliphatic rings. The van der Waals surface area contributed by atoms with Crippen LogP contribution in [-0.2, 0) is 37.3 Å². The summed E-state index contributed by atoms with van der Waals surface area (Å²) in [7, 11) is -3.74. The van der Waals surface area contributed by atoms with E-state index in [1.54, 1.807) is 23.2 Å². The van der Waals surface area contributed by atoms with Gasteiger partial charge in [-0.2, -0.15) is 4.31 Å². The van der Waals surface area contributed by atoms with Gasteiger partial charge in [0.25, 0.3) is 5.91 Å². The Labute approximate surface area is 197 Å². The van der Waals surface area contributed by atoms with Gasteiger partial charge in [0.05, 0.1) is 10.8 Å². The zero-order chi connectivity index (χ0) is 22.9. The summed E-state index contributed by atoms with van der Waals surface area (Å²) in [6, 6.07) is 7.98. The molecule has 0 saturated carbocycles. The molecular weight excluding hydrogens is 472 g/mol. The molecule has 2 atom stereocenters. The van der Waals surface area contributed by atoms with Crippen LogP contribution in [0.25, 0.3) is 0 Å². The third-order valence-electron chi connectivity index (χ3n) is 5.93. The minimum absolute atomic E-state index is 0.0344. The van der Waals surface area contributed by atoms with E-state index in [1.165, 1.54) is 33.4 Å². The molecule has 0 N–H and O–H groups in total. The van der Waals surface area contributed by atoms with Gasteiger partial charge in [-0.05, 0) is 67.5 Å². The molecule has 32 heavy (non-hydrogen) atoms. The van der Waals surface area contributed by atoms with Crippen LogP contribution in [0.15, 0.2) is 40.6 Å². The van der Waals surface area contributed by atoms with Crippen LogP contribution in [0.3, 0.4) is 0 Å². The monoisotopic (exact) mass is 496 g/mol. The molecule has 0 aliphatic carbocycles. The molecule has 10 heteroatoms. The summed E-state index contributed by atoms with van der Waals surface area (Å²) in [6.07, 6.45) is 0.960. The second-order valence-corrected chi connectivity index (χ2v) is 11.5. The number of hydrogen-bond acceptors (Lipinski definition) is 6. The summed E-state index contributed by atoms with van der Waals surface area (Å²) < 4.78 is 32.7. The number of nitrogens with zero attached hydrogens (tertiary/aromatic N) is 2. The number of thiophene rings is 1. The summed E-state index contributed by atoms with van der Waals surface area (Å²) in [5, 5.41) is 2.47. The Morgan fingerprint density at radius 3 is 2.69 bits per heavy atom. The Morgan fingerprint density at radius 1 is 1.19 bits per heavy atom. The van der Waals surface area contributed by atoms with Crippen LogP contribution in [-0.4, -0.2) is 55.2 Å². The van der Waals surface area contributed by atoms with Gasteiger partial charge in [-0.25, -0.2) is 8.42 Å². The molecule has 1 aromatic heterocycles. The van der Waals surface area contributed by atoms with Gasteiger partial charge in [-0.15, -0.1) is 11.3 Å². The van der Waals surface area contributed by atoms with Crippen LogP contribution < -0.4 is 0 Å². The number of benzene rings is 1. The zero-order valence-electron chi connectivity index (χ0n) is 17.7. The predicted octanol–water partition coefficient (Wildman–Crippen LogP) is 3.32. The highest BCUT2D eigenvalue weighted by Gasteiger charge is 2.36. The van der Waals surface area contributed by atoms with Crippen molar-refractivity contribution in [3.8, 4) is 0 Å². The van der Waals surface area contributed by atoms with Crippen molar-refractivity contribution < 1.29 is 22.7 Å². The molecule has 1 amide bonds. The first-order valence-electron chi connectivity index (χ1n) is 10.6. The third-order valence-corrected chi connectivity index (χ3v) is 9.08. The third kappa shape index (κ3) is 4.85. The number of hydrogen-bond donors (Lipinski definition) is 0. The second kappa shape index (κ2) is 9.51. The highest BCUT2D eigenvalue weighted by Crippen LogP contribution is 2.27. The minimum Gasteiger partial charge on any atom is -0.452 e. The van der Waals surface area contributed by atoms with Gasteiger partial charge in [-0.1, -0.05) is 11.6 Å². The van der Waals surface area contributed by atoms with Crippen molar-refractivity contribution in [2.45, 2.75) is 43.7 Å². The quantitative estimate of drug-likeness (QED) is 0.593. The highest BCUT2D eigenvalue weighted by molar-refractivity contribution is 7.89. The fourth-order valence-corrected chi connectivity index (χ4v) is 6.66. The van der Waals surface area contributed by atoms with Crippen LogP contribution >= 0.6 is 22.9 Å². The van der Waals surface area contributed by atoms with Gasteiger partial charge in [0.2, 0.25) is 10.0 Å². The van der Waals surface area contributed by atoms with Gasteiger partial charge < -0.3 is 9.64 Å². The van der Waals surface area contributed by atoms with Crippen molar-refractivity contribution in [2.24, 2.45) is 5.92 Å². The van der Waals surface area contributed by atoms with E-state index in [2.05, 4.69) is 0 Å². The number of rotatable bonds is 5. The maximum absolute atomic E-state index is 13.0. The van der Waals surface area contributed by atoms with Crippen molar-refractivity contribution in [2.75, 3.05) is 19.6 Å². The summed E-state index contributed by atoms with van der Waals surface area (Å²) >= 11 is 7.56. The number of fused-ring (bicyclic) bond motifs is 1. The molecule has 4 rings (SSSR count). The number of sulfonamides is 1. The van der Waals surface area contributed by atoms with Crippen molar-refractivity contribution in [3.05, 3.63) is 51.2 Å². The number of carbonyl (C=O) groups is 2. The maximum atomic E-state index is 13.0. The predicted molar refractivity (Wildman–Crippen MR) is 122 cm³/mol. The molecule has 2 unspecified atom stereocenters. The maximum Gasteiger partial charge on any atom is 0.311 e. The van der Waals surface area contributed by atoms with E-state index in [4.69, 9.17) is 16.3 Å². The number of amides is 1. The molecular formula is C22H25ClN2O5S2. The molecule has 1 aromatic carbocycles. The summed E-state index contributed by atoms with van der Waals surface area (Å²) in [5.41, 5.74) is 1.14. The first kappa shape index (κ1) is 23.2. The minimum atomic E-state index is -3.74. The lowest BCUT2D eigenvalue weighted by Gasteiger charge is -2.32. The second-order valence-electron chi connectivity index (χ2n) is 8.11. The molecule has 1 saturated heterocycles. The van der Waals surface area contributed by atoms with E-state index in [-0.39, 0.29) is 17.3 Å². The average molecular weight is 497 g/mol. The van der Waals surface area contributed by atoms with E-state index < -0.39 is 28.0 Å². The first-order valence-corrected chi connectivity index (χ1v) is 13.3. The Balaban J connectivity index is 1.37. The van der Waals surface area contributed by atoms with Gasteiger partial charge in [-0.3, -0.25) is 9.59 Å². The lowest BCUT2D eigenvalue weighted by atomic mass is 10.00. The van der Waals surface area contributed by atoms with E-state index in [9.17, 15) is 18.0 Å². The Hall–Kier alpha value is -1.94. The van der Waals surface area contributed by atoms with E-state index in [0.29, 0.717) is 37.5 Å². The van der Waals surface area contributed by atoms with E-state index in [0.717, 1.165) is 12.0 Å². The largest absolute Gasteiger partial charge is 0.452 e. The number of halogens is 1. The molecule has 7 nitrogen and oxygen atoms in total. The van der Waals surface area contributed by atoms with Crippen molar-refractivity contribution >= 4 is 44.8 Å². The molecule has 3 heterocycles. The molecule has 0 bridgehead atoms. The van der Waals surface area contributed by atoms with Crippen LogP contribution in [0.4, 0.5) is 0 Å². The first-order chi connectivity index (χ1) is 15.3. The van der Waals surface area contributed by atoms with Crippen LogP contribution in [0.5, 0.6) is 0 Å². The molecule has 172 valence electrons. The normalized spacial score (nSPS) is 20.4. The lowest BCUT2D eigenvalue weighted by Crippen LogP contribution is -2.45. The van der Waals surface area contributed by atoms with Crippen molar-refractivity contribution in [3.63, 3.8) is 0 Å². The highest BCUT2D eigenvalue weighted by atomic mass is 35.5. The smallest absolute Gasteiger partial charge is 0.311 e. The van der Waals surface area contributed by atoms with Gasteiger partial charge in [0.15, 0.2) is 6.10 Å². The molecule has 2 aliphatic heterocycles. The average Bonchev–Trinajstić information content (AvgIpc) is 3.27. The molecule has 2 aromatic rings. The van der Waals surface area contributed by atoms with Crippen LogP contribution in [0.1, 0.15) is 30.2 Å². The van der Waals surface area contributed by atoms with Crippen molar-refractivity contribution in [1.82, 2.24) is 9.21 Å². The standard InChI is InChI=1S/C22H25ClN2O5S2/c1-15(21(26)24-11-8-20-16(13-24)9-12-31-20)30-22(27)17-3-2-10-25(14-17)32(28,29)19-6-4-18(23)5-7-19/h4-7,9,12,15,17H,2-3,8,10-11,13-14H2,1H3. The molecule has 1 fully saturated rings. The van der Waals surface area contributed by atoms with Gasteiger partial charge in [0.1, 0.15) is 0 Å². The number of ether oxygens (including phenoxy) is 1.